The Balaban J connectivity index is 1.47. The number of aryl methyl sites for hydroxylation is 1. The van der Waals surface area contributed by atoms with Crippen LogP contribution in [0.1, 0.15) is 46.0 Å². The van der Waals surface area contributed by atoms with Crippen LogP contribution in [0.2, 0.25) is 0 Å². The van der Waals surface area contributed by atoms with Crippen molar-refractivity contribution in [1.82, 2.24) is 14.7 Å². The van der Waals surface area contributed by atoms with E-state index in [1.54, 1.807) is 0 Å². The van der Waals surface area contributed by atoms with Gasteiger partial charge in [0.05, 0.1) is 18.3 Å². The van der Waals surface area contributed by atoms with E-state index in [-0.39, 0.29) is 18.1 Å². The zero-order chi connectivity index (χ0) is 21.0. The Bertz CT molecular complexity index is 1130. The summed E-state index contributed by atoms with van der Waals surface area (Å²) in [5, 5.41) is 4.25. The molecule has 2 aliphatic heterocycles. The molecule has 30 heavy (non-hydrogen) atoms. The zero-order valence-corrected chi connectivity index (χ0v) is 18.0. The van der Waals surface area contributed by atoms with Gasteiger partial charge in [-0.25, -0.2) is 0 Å². The van der Waals surface area contributed by atoms with Gasteiger partial charge in [-0.3, -0.25) is 9.48 Å². The molecule has 3 aromatic rings. The number of hydrogen-bond donors (Lipinski definition) is 0. The molecular formula is C25H27N3O2. The van der Waals surface area contributed by atoms with E-state index in [0.29, 0.717) is 12.1 Å². The molecule has 0 unspecified atom stereocenters. The molecule has 1 aromatic heterocycles. The first-order chi connectivity index (χ1) is 14.4. The Morgan fingerprint density at radius 3 is 2.60 bits per heavy atom. The van der Waals surface area contributed by atoms with Crippen LogP contribution in [0.15, 0.2) is 42.7 Å². The van der Waals surface area contributed by atoms with E-state index in [0.717, 1.165) is 35.3 Å². The van der Waals surface area contributed by atoms with Gasteiger partial charge >= 0.3 is 0 Å². The zero-order valence-electron chi connectivity index (χ0n) is 18.0. The molecule has 0 radical (unpaired) electrons. The van der Waals surface area contributed by atoms with E-state index < -0.39 is 0 Å². The maximum atomic E-state index is 13.2. The van der Waals surface area contributed by atoms with Crippen LogP contribution in [0.5, 0.6) is 5.75 Å². The number of amides is 1. The van der Waals surface area contributed by atoms with Crippen LogP contribution in [0, 0.1) is 13.8 Å². The van der Waals surface area contributed by atoms with Crippen LogP contribution in [0.3, 0.4) is 0 Å². The summed E-state index contributed by atoms with van der Waals surface area (Å²) in [6, 6.07) is 10.9. The van der Waals surface area contributed by atoms with Crippen LogP contribution in [-0.2, 0) is 13.5 Å². The van der Waals surface area contributed by atoms with Crippen LogP contribution in [0.4, 0.5) is 0 Å². The van der Waals surface area contributed by atoms with Gasteiger partial charge in [-0.15, -0.1) is 0 Å². The lowest BCUT2D eigenvalue weighted by Gasteiger charge is -2.24. The second-order valence-electron chi connectivity index (χ2n) is 8.72. The number of aromatic nitrogens is 2. The molecule has 1 saturated heterocycles. The van der Waals surface area contributed by atoms with Crippen molar-refractivity contribution in [3.05, 3.63) is 70.5 Å². The van der Waals surface area contributed by atoms with E-state index in [1.165, 1.54) is 16.7 Å². The van der Waals surface area contributed by atoms with Crippen molar-refractivity contribution in [3.8, 4) is 16.9 Å². The maximum Gasteiger partial charge on any atom is 0.258 e. The van der Waals surface area contributed by atoms with Crippen molar-refractivity contribution in [2.75, 3.05) is 6.54 Å². The molecule has 2 atom stereocenters. The number of nitrogens with zero attached hydrogens (tertiary/aromatic N) is 3. The van der Waals surface area contributed by atoms with Crippen molar-refractivity contribution in [2.45, 2.75) is 45.8 Å². The molecule has 0 N–H and O–H groups in total. The molecule has 1 fully saturated rings. The molecular weight excluding hydrogens is 374 g/mol. The number of ether oxygens (including phenoxy) is 1. The van der Waals surface area contributed by atoms with Gasteiger partial charge in [0, 0.05) is 31.3 Å². The molecule has 1 amide bonds. The summed E-state index contributed by atoms with van der Waals surface area (Å²) >= 11 is 0. The number of rotatable bonds is 3. The SMILES string of the molecule is Cc1c(Cc2ccc(-c3cnn(C)c3)cc2)cc2c(c1C)O[C@H]1C[C@@H](C)N(C1)C2=O. The first-order valence-electron chi connectivity index (χ1n) is 10.6. The first-order valence-corrected chi connectivity index (χ1v) is 10.6. The molecule has 5 rings (SSSR count). The average molecular weight is 402 g/mol. The second-order valence-corrected chi connectivity index (χ2v) is 8.72. The van der Waals surface area contributed by atoms with Gasteiger partial charge in [0.2, 0.25) is 0 Å². The minimum absolute atomic E-state index is 0.105. The van der Waals surface area contributed by atoms with Crippen LogP contribution < -0.4 is 4.74 Å². The summed E-state index contributed by atoms with van der Waals surface area (Å²) in [7, 11) is 1.93. The fraction of sp³-hybridized carbons (Fsp3) is 0.360. The van der Waals surface area contributed by atoms with Gasteiger partial charge in [0.15, 0.2) is 0 Å². The molecule has 154 valence electrons. The summed E-state index contributed by atoms with van der Waals surface area (Å²) in [6.07, 6.45) is 5.71. The Morgan fingerprint density at radius 2 is 1.90 bits per heavy atom. The van der Waals surface area contributed by atoms with Crippen LogP contribution >= 0.6 is 0 Å². The largest absolute Gasteiger partial charge is 0.487 e. The summed E-state index contributed by atoms with van der Waals surface area (Å²) in [5.41, 5.74) is 7.69. The Kier molecular flexibility index (Phi) is 4.42. The van der Waals surface area contributed by atoms with Gasteiger partial charge in [-0.05, 0) is 61.1 Å². The van der Waals surface area contributed by atoms with Gasteiger partial charge in [0.1, 0.15) is 11.9 Å². The normalized spacial score (nSPS) is 20.1. The highest BCUT2D eigenvalue weighted by Gasteiger charge is 2.39. The lowest BCUT2D eigenvalue weighted by molar-refractivity contribution is 0.0748. The van der Waals surface area contributed by atoms with Gasteiger partial charge in [-0.1, -0.05) is 24.3 Å². The molecule has 0 aliphatic carbocycles. The molecule has 5 heteroatoms. The Morgan fingerprint density at radius 1 is 1.13 bits per heavy atom. The molecule has 2 aliphatic rings. The predicted molar refractivity (Wildman–Crippen MR) is 117 cm³/mol. The van der Waals surface area contributed by atoms with Crippen molar-refractivity contribution in [2.24, 2.45) is 7.05 Å². The van der Waals surface area contributed by atoms with E-state index in [1.807, 2.05) is 29.0 Å². The van der Waals surface area contributed by atoms with Gasteiger partial charge < -0.3 is 9.64 Å². The fourth-order valence-corrected chi connectivity index (χ4v) is 4.73. The van der Waals surface area contributed by atoms with Crippen molar-refractivity contribution in [1.29, 1.82) is 0 Å². The topological polar surface area (TPSA) is 47.4 Å². The lowest BCUT2D eigenvalue weighted by Crippen LogP contribution is -2.33. The minimum Gasteiger partial charge on any atom is -0.487 e. The number of hydrogen-bond acceptors (Lipinski definition) is 3. The number of carbonyl (C=O) groups is 1. The van der Waals surface area contributed by atoms with E-state index in [4.69, 9.17) is 4.74 Å². The molecule has 2 bridgehead atoms. The van der Waals surface area contributed by atoms with Gasteiger partial charge in [0.25, 0.3) is 5.91 Å². The minimum atomic E-state index is 0.105. The molecule has 3 heterocycles. The summed E-state index contributed by atoms with van der Waals surface area (Å²) in [4.78, 5) is 15.2. The van der Waals surface area contributed by atoms with E-state index >= 15 is 0 Å². The third kappa shape index (κ3) is 3.09. The average Bonchev–Trinajstić information content (AvgIpc) is 3.29. The third-order valence-corrected chi connectivity index (χ3v) is 6.65. The molecule has 5 nitrogen and oxygen atoms in total. The number of benzene rings is 2. The molecule has 0 saturated carbocycles. The predicted octanol–water partition coefficient (Wildman–Crippen LogP) is 4.29. The smallest absolute Gasteiger partial charge is 0.258 e. The first kappa shape index (κ1) is 18.9. The number of carbonyl (C=O) groups excluding carboxylic acids is 1. The van der Waals surface area contributed by atoms with Crippen LogP contribution in [-0.4, -0.2) is 39.3 Å². The second kappa shape index (κ2) is 7.01. The maximum absolute atomic E-state index is 13.2. The fourth-order valence-electron chi connectivity index (χ4n) is 4.73. The quantitative estimate of drug-likeness (QED) is 0.658. The van der Waals surface area contributed by atoms with Crippen molar-refractivity contribution < 1.29 is 9.53 Å². The standard InChI is InChI=1S/C25H27N3O2/c1-15-9-22-14-28(15)25(29)23-11-20(16(2)17(3)24(23)30-22)10-18-5-7-19(8-6-18)21-12-26-27(4)13-21/h5-8,11-13,15,22H,9-10,14H2,1-4H3/t15-,22+/m1/s1. The summed E-state index contributed by atoms with van der Waals surface area (Å²) in [5.74, 6) is 0.890. The van der Waals surface area contributed by atoms with E-state index in [9.17, 15) is 4.79 Å². The highest BCUT2D eigenvalue weighted by atomic mass is 16.5. The monoisotopic (exact) mass is 401 g/mol. The molecule has 0 spiro atoms. The summed E-state index contributed by atoms with van der Waals surface area (Å²) in [6.45, 7) is 7.01. The Labute approximate surface area is 177 Å². The van der Waals surface area contributed by atoms with Crippen molar-refractivity contribution >= 4 is 5.91 Å². The Hall–Kier alpha value is -3.08. The van der Waals surface area contributed by atoms with E-state index in [2.05, 4.69) is 56.2 Å². The number of fused-ring (bicyclic) bond motifs is 3. The lowest BCUT2D eigenvalue weighted by atomic mass is 9.92. The van der Waals surface area contributed by atoms with Gasteiger partial charge in [-0.2, -0.15) is 5.10 Å². The van der Waals surface area contributed by atoms with Crippen molar-refractivity contribution in [3.63, 3.8) is 0 Å². The summed E-state index contributed by atoms with van der Waals surface area (Å²) < 4.78 is 8.11. The highest BCUT2D eigenvalue weighted by Crippen LogP contribution is 2.38. The van der Waals surface area contributed by atoms with Crippen LogP contribution in [0.25, 0.3) is 11.1 Å². The third-order valence-electron chi connectivity index (χ3n) is 6.65. The highest BCUT2D eigenvalue weighted by molar-refractivity contribution is 5.98. The molecule has 2 aromatic carbocycles.